The fourth-order valence-corrected chi connectivity index (χ4v) is 8.29. The number of carbonyl (C=O) groups excluding carboxylic acids is 2. The highest BCUT2D eigenvalue weighted by Crippen LogP contribution is 2.64. The second kappa shape index (κ2) is 9.38. The number of amides is 1. The van der Waals surface area contributed by atoms with Crippen molar-refractivity contribution in [3.05, 3.63) is 58.1 Å². The van der Waals surface area contributed by atoms with Crippen LogP contribution in [0.1, 0.15) is 66.8 Å². The molecule has 2 aliphatic heterocycles. The molecule has 6 nitrogen and oxygen atoms in total. The van der Waals surface area contributed by atoms with E-state index < -0.39 is 0 Å². The largest absolute Gasteiger partial charge is 0.487 e. The molecule has 0 radical (unpaired) electrons. The molecule has 2 bridgehead atoms. The number of hydrogen-bond donors (Lipinski definition) is 0. The third-order valence-corrected chi connectivity index (χ3v) is 10.5. The van der Waals surface area contributed by atoms with Crippen molar-refractivity contribution in [2.75, 3.05) is 20.1 Å². The maximum absolute atomic E-state index is 13.4. The van der Waals surface area contributed by atoms with Gasteiger partial charge in [-0.3, -0.25) is 14.5 Å². The van der Waals surface area contributed by atoms with E-state index in [1.54, 1.807) is 0 Å². The SMILES string of the molecule is CC(=O)Oc1ccc2c3c1C[C@@H]1[C@@H]4CC[C@H](N(C)C(=O)C#Cc5ccc(C)c(C)c5)[C@H](O2)[C@]34CCN1CC1CC1. The fraction of sp³-hybridized carbons (Fsp3) is 0.529. The highest BCUT2D eigenvalue weighted by Gasteiger charge is 2.66. The fourth-order valence-electron chi connectivity index (χ4n) is 8.29. The van der Waals surface area contributed by atoms with Gasteiger partial charge in [-0.2, -0.15) is 0 Å². The number of benzene rings is 2. The van der Waals surface area contributed by atoms with Gasteiger partial charge in [0.15, 0.2) is 0 Å². The number of carbonyl (C=O) groups is 2. The Morgan fingerprint density at radius 3 is 2.70 bits per heavy atom. The van der Waals surface area contributed by atoms with Crippen LogP contribution >= 0.6 is 0 Å². The van der Waals surface area contributed by atoms with E-state index in [2.05, 4.69) is 30.6 Å². The van der Waals surface area contributed by atoms with Crippen LogP contribution in [-0.2, 0) is 21.4 Å². The van der Waals surface area contributed by atoms with E-state index in [0.29, 0.717) is 17.7 Å². The zero-order valence-electron chi connectivity index (χ0n) is 24.0. The van der Waals surface area contributed by atoms with Gasteiger partial charge in [0.05, 0.1) is 6.04 Å². The molecule has 1 saturated heterocycles. The third kappa shape index (κ3) is 3.96. The van der Waals surface area contributed by atoms with E-state index in [4.69, 9.17) is 9.47 Å². The Morgan fingerprint density at radius 2 is 1.95 bits per heavy atom. The second-order valence-corrected chi connectivity index (χ2v) is 12.8. The quantitative estimate of drug-likeness (QED) is 0.325. The summed E-state index contributed by atoms with van der Waals surface area (Å²) in [5.41, 5.74) is 5.45. The van der Waals surface area contributed by atoms with Gasteiger partial charge in [0.25, 0.3) is 5.91 Å². The number of ether oxygens (including phenoxy) is 2. The van der Waals surface area contributed by atoms with Crippen molar-refractivity contribution in [2.45, 2.75) is 82.9 Å². The highest BCUT2D eigenvalue weighted by molar-refractivity contribution is 5.94. The number of hydrogen-bond acceptors (Lipinski definition) is 5. The third-order valence-electron chi connectivity index (χ3n) is 10.5. The van der Waals surface area contributed by atoms with Gasteiger partial charge in [-0.15, -0.1) is 0 Å². The summed E-state index contributed by atoms with van der Waals surface area (Å²) in [5.74, 6) is 8.42. The van der Waals surface area contributed by atoms with Gasteiger partial charge in [0.1, 0.15) is 17.6 Å². The van der Waals surface area contributed by atoms with Crippen molar-refractivity contribution in [3.63, 3.8) is 0 Å². The Bertz CT molecular complexity index is 1470. The molecule has 40 heavy (non-hydrogen) atoms. The molecular weight excluding hydrogens is 500 g/mol. The summed E-state index contributed by atoms with van der Waals surface area (Å²) in [5, 5.41) is 0. The number of likely N-dealkylation sites (N-methyl/N-ethyl adjacent to an activating group) is 1. The van der Waals surface area contributed by atoms with Gasteiger partial charge in [0, 0.05) is 54.6 Å². The van der Waals surface area contributed by atoms with Crippen molar-refractivity contribution in [1.29, 1.82) is 0 Å². The molecule has 6 heteroatoms. The molecule has 7 rings (SSSR count). The van der Waals surface area contributed by atoms with E-state index in [-0.39, 0.29) is 29.4 Å². The number of piperidine rings is 1. The first-order valence-corrected chi connectivity index (χ1v) is 14.9. The molecule has 0 aromatic heterocycles. The molecule has 5 aliphatic rings. The Hall–Kier alpha value is -3.30. The smallest absolute Gasteiger partial charge is 0.308 e. The van der Waals surface area contributed by atoms with Crippen LogP contribution in [-0.4, -0.2) is 60.0 Å². The number of rotatable bonds is 4. The molecular formula is C34H38N2O4. The van der Waals surface area contributed by atoms with E-state index in [1.807, 2.05) is 42.3 Å². The molecule has 0 N–H and O–H groups in total. The van der Waals surface area contributed by atoms with Gasteiger partial charge in [-0.1, -0.05) is 12.0 Å². The van der Waals surface area contributed by atoms with Crippen LogP contribution in [0.25, 0.3) is 0 Å². The lowest BCUT2D eigenvalue weighted by Gasteiger charge is -2.60. The molecule has 208 valence electrons. The second-order valence-electron chi connectivity index (χ2n) is 12.8. The maximum atomic E-state index is 13.4. The lowest BCUT2D eigenvalue weighted by atomic mass is 9.51. The summed E-state index contributed by atoms with van der Waals surface area (Å²) >= 11 is 0. The summed E-state index contributed by atoms with van der Waals surface area (Å²) in [6, 6.07) is 10.3. The lowest BCUT2D eigenvalue weighted by molar-refractivity contribution is -0.135. The predicted octanol–water partition coefficient (Wildman–Crippen LogP) is 4.56. The minimum absolute atomic E-state index is 0.0658. The Labute approximate surface area is 237 Å². The van der Waals surface area contributed by atoms with Crippen molar-refractivity contribution in [2.24, 2.45) is 11.8 Å². The zero-order valence-corrected chi connectivity index (χ0v) is 24.0. The van der Waals surface area contributed by atoms with E-state index in [0.717, 1.165) is 61.6 Å². The van der Waals surface area contributed by atoms with Crippen molar-refractivity contribution < 1.29 is 19.1 Å². The zero-order chi connectivity index (χ0) is 27.8. The van der Waals surface area contributed by atoms with Crippen molar-refractivity contribution in [3.8, 4) is 23.3 Å². The minimum atomic E-state index is -0.291. The van der Waals surface area contributed by atoms with Crippen molar-refractivity contribution in [1.82, 2.24) is 9.80 Å². The monoisotopic (exact) mass is 538 g/mol. The maximum Gasteiger partial charge on any atom is 0.308 e. The molecule has 3 fully saturated rings. The van der Waals surface area contributed by atoms with Crippen LogP contribution in [0.2, 0.25) is 0 Å². The van der Waals surface area contributed by atoms with E-state index >= 15 is 0 Å². The summed E-state index contributed by atoms with van der Waals surface area (Å²) < 4.78 is 12.6. The van der Waals surface area contributed by atoms with Gasteiger partial charge >= 0.3 is 5.97 Å². The molecule has 2 aromatic carbocycles. The first-order valence-electron chi connectivity index (χ1n) is 14.9. The highest BCUT2D eigenvalue weighted by atomic mass is 16.5. The topological polar surface area (TPSA) is 59.1 Å². The van der Waals surface area contributed by atoms with Crippen molar-refractivity contribution >= 4 is 11.9 Å². The summed E-state index contributed by atoms with van der Waals surface area (Å²) in [6.07, 6.45) is 6.39. The molecule has 2 aromatic rings. The summed E-state index contributed by atoms with van der Waals surface area (Å²) in [4.78, 5) is 30.0. The van der Waals surface area contributed by atoms with Gasteiger partial charge < -0.3 is 14.4 Å². The summed E-state index contributed by atoms with van der Waals surface area (Å²) in [6.45, 7) is 7.82. The van der Waals surface area contributed by atoms with Crippen LogP contribution < -0.4 is 9.47 Å². The molecule has 2 saturated carbocycles. The Kier molecular flexibility index (Phi) is 6.02. The molecule has 5 atom stereocenters. The predicted molar refractivity (Wildman–Crippen MR) is 152 cm³/mol. The van der Waals surface area contributed by atoms with Crippen LogP contribution in [0.5, 0.6) is 11.5 Å². The lowest BCUT2D eigenvalue weighted by Crippen LogP contribution is -2.69. The first-order chi connectivity index (χ1) is 19.3. The van der Waals surface area contributed by atoms with Crippen LogP contribution in [0.3, 0.4) is 0 Å². The Balaban J connectivity index is 1.24. The number of likely N-dealkylation sites (tertiary alicyclic amines) is 1. The molecule has 2 heterocycles. The molecule has 1 amide bonds. The van der Waals surface area contributed by atoms with Crippen LogP contribution in [0.15, 0.2) is 30.3 Å². The van der Waals surface area contributed by atoms with Crippen LogP contribution in [0, 0.1) is 37.5 Å². The molecule has 1 spiro atoms. The first kappa shape index (κ1) is 25.7. The van der Waals surface area contributed by atoms with E-state index in [9.17, 15) is 9.59 Å². The average molecular weight is 539 g/mol. The van der Waals surface area contributed by atoms with E-state index in [1.165, 1.54) is 36.5 Å². The van der Waals surface area contributed by atoms with Gasteiger partial charge in [-0.25, -0.2) is 0 Å². The minimum Gasteiger partial charge on any atom is -0.487 e. The van der Waals surface area contributed by atoms with Crippen LogP contribution in [0.4, 0.5) is 0 Å². The number of nitrogens with zero attached hydrogens (tertiary/aromatic N) is 2. The van der Waals surface area contributed by atoms with Gasteiger partial charge in [0.2, 0.25) is 0 Å². The molecule has 0 unspecified atom stereocenters. The number of esters is 1. The van der Waals surface area contributed by atoms with Gasteiger partial charge in [-0.05, 0) is 106 Å². The number of aryl methyl sites for hydroxylation is 2. The standard InChI is InChI=1S/C34H38N2O4/c1-20-5-6-23(17-21(20)2)9-14-31(38)35(4)27-11-10-26-28-18-25-29(39-22(3)37)12-13-30-32(25)34(26,33(27)40-30)15-16-36(28)19-24-7-8-24/h5-6,12-13,17,24,26-28,33H,7-8,10-11,15-16,18-19H2,1-4H3/t26-,27-,28+,33-,34-/m0/s1. The molecule has 3 aliphatic carbocycles. The average Bonchev–Trinajstić information content (AvgIpc) is 3.69. The summed E-state index contributed by atoms with van der Waals surface area (Å²) in [7, 11) is 1.89. The normalized spacial score (nSPS) is 29.5. The Morgan fingerprint density at radius 1 is 1.12 bits per heavy atom.